The number of carbonyl (C=O) groups excluding carboxylic acids is 2. The van der Waals surface area contributed by atoms with Gasteiger partial charge in [-0.1, -0.05) is 43.9 Å². The number of benzene rings is 1. The molecule has 32 heavy (non-hydrogen) atoms. The zero-order valence-electron chi connectivity index (χ0n) is 19.3. The Labute approximate surface area is 191 Å². The first-order valence-corrected chi connectivity index (χ1v) is 12.0. The smallest absolute Gasteiger partial charge is 0.257 e. The summed E-state index contributed by atoms with van der Waals surface area (Å²) in [5.41, 5.74) is 3.26. The van der Waals surface area contributed by atoms with E-state index in [1.807, 2.05) is 41.0 Å². The minimum atomic E-state index is -0.0242. The van der Waals surface area contributed by atoms with Crippen LogP contribution in [0.15, 0.2) is 30.5 Å². The summed E-state index contributed by atoms with van der Waals surface area (Å²) in [4.78, 5) is 39.0. The summed E-state index contributed by atoms with van der Waals surface area (Å²) < 4.78 is 0. The molecule has 2 aromatic rings. The Morgan fingerprint density at radius 2 is 1.66 bits per heavy atom. The first kappa shape index (κ1) is 22.4. The van der Waals surface area contributed by atoms with Crippen LogP contribution in [0.3, 0.4) is 0 Å². The minimum Gasteiger partial charge on any atom is -0.334 e. The van der Waals surface area contributed by atoms with Gasteiger partial charge in [0.25, 0.3) is 5.91 Å². The molecule has 170 valence electrons. The van der Waals surface area contributed by atoms with Crippen LogP contribution in [-0.4, -0.2) is 39.8 Å². The molecular weight excluding hydrogens is 400 g/mol. The van der Waals surface area contributed by atoms with E-state index in [9.17, 15) is 9.59 Å². The molecule has 1 aromatic heterocycles. The molecule has 0 N–H and O–H groups in total. The predicted octanol–water partition coefficient (Wildman–Crippen LogP) is 5.01. The van der Waals surface area contributed by atoms with Crippen molar-refractivity contribution < 1.29 is 9.59 Å². The van der Waals surface area contributed by atoms with Crippen LogP contribution < -0.4 is 4.90 Å². The quantitative estimate of drug-likeness (QED) is 0.666. The third kappa shape index (κ3) is 5.34. The molecule has 1 aromatic carbocycles. The van der Waals surface area contributed by atoms with Crippen LogP contribution in [0.2, 0.25) is 0 Å². The summed E-state index contributed by atoms with van der Waals surface area (Å²) in [5.74, 6) is 1.35. The van der Waals surface area contributed by atoms with Gasteiger partial charge in [0, 0.05) is 44.4 Å². The molecule has 1 aliphatic carbocycles. The van der Waals surface area contributed by atoms with E-state index >= 15 is 0 Å². The van der Waals surface area contributed by atoms with Gasteiger partial charge in [0.15, 0.2) is 0 Å². The first-order valence-electron chi connectivity index (χ1n) is 12.0. The highest BCUT2D eigenvalue weighted by molar-refractivity contribution is 5.95. The van der Waals surface area contributed by atoms with Crippen LogP contribution in [-0.2, 0) is 11.3 Å². The Balaban J connectivity index is 1.63. The molecule has 0 saturated heterocycles. The number of anilines is 1. The maximum absolute atomic E-state index is 13.6. The van der Waals surface area contributed by atoms with Gasteiger partial charge in [-0.15, -0.1) is 0 Å². The molecule has 0 spiro atoms. The topological polar surface area (TPSA) is 66.4 Å². The van der Waals surface area contributed by atoms with Gasteiger partial charge in [-0.05, 0) is 44.2 Å². The fourth-order valence-corrected chi connectivity index (χ4v) is 4.50. The monoisotopic (exact) mass is 434 g/mol. The first-order chi connectivity index (χ1) is 15.5. The summed E-state index contributed by atoms with van der Waals surface area (Å²) in [7, 11) is 0. The summed E-state index contributed by atoms with van der Waals surface area (Å²) in [6.07, 6.45) is 10.5. The number of amides is 2. The van der Waals surface area contributed by atoms with E-state index in [1.54, 1.807) is 13.1 Å². The van der Waals surface area contributed by atoms with E-state index in [-0.39, 0.29) is 11.8 Å². The number of fused-ring (bicyclic) bond motifs is 1. The second-order valence-corrected chi connectivity index (χ2v) is 9.15. The van der Waals surface area contributed by atoms with Crippen molar-refractivity contribution in [3.63, 3.8) is 0 Å². The SMILES string of the molecule is CC(=O)N1CCCCCCCCN(C(=O)c2cnc(C3CC3)nc2C)Cc2ccccc21. The summed E-state index contributed by atoms with van der Waals surface area (Å²) in [5, 5.41) is 0. The Kier molecular flexibility index (Phi) is 7.18. The van der Waals surface area contributed by atoms with E-state index in [4.69, 9.17) is 0 Å². The number of aromatic nitrogens is 2. The maximum Gasteiger partial charge on any atom is 0.257 e. The molecule has 1 saturated carbocycles. The lowest BCUT2D eigenvalue weighted by Gasteiger charge is -2.28. The molecular formula is C26H34N4O2. The fourth-order valence-electron chi connectivity index (χ4n) is 4.50. The highest BCUT2D eigenvalue weighted by Gasteiger charge is 2.28. The van der Waals surface area contributed by atoms with Crippen LogP contribution in [0.4, 0.5) is 5.69 Å². The lowest BCUT2D eigenvalue weighted by molar-refractivity contribution is -0.116. The number of aryl methyl sites for hydroxylation is 1. The molecule has 2 aliphatic rings. The average molecular weight is 435 g/mol. The third-order valence-corrected chi connectivity index (χ3v) is 6.54. The van der Waals surface area contributed by atoms with E-state index in [1.165, 1.54) is 0 Å². The molecule has 2 heterocycles. The van der Waals surface area contributed by atoms with Crippen LogP contribution in [0.25, 0.3) is 0 Å². The predicted molar refractivity (Wildman–Crippen MR) is 126 cm³/mol. The van der Waals surface area contributed by atoms with Crippen molar-refractivity contribution in [1.82, 2.24) is 14.9 Å². The Morgan fingerprint density at radius 3 is 2.34 bits per heavy atom. The molecule has 0 bridgehead atoms. The van der Waals surface area contributed by atoms with Crippen LogP contribution in [0.5, 0.6) is 0 Å². The van der Waals surface area contributed by atoms with Gasteiger partial charge in [-0.25, -0.2) is 9.97 Å². The second-order valence-electron chi connectivity index (χ2n) is 9.15. The number of nitrogens with zero attached hydrogens (tertiary/aromatic N) is 4. The van der Waals surface area contributed by atoms with Crippen molar-refractivity contribution >= 4 is 17.5 Å². The van der Waals surface area contributed by atoms with Gasteiger partial charge in [-0.3, -0.25) is 9.59 Å². The molecule has 1 aliphatic heterocycles. The minimum absolute atomic E-state index is 0.0242. The van der Waals surface area contributed by atoms with Crippen LogP contribution in [0.1, 0.15) is 91.6 Å². The van der Waals surface area contributed by atoms with Crippen molar-refractivity contribution in [2.45, 2.75) is 77.7 Å². The normalized spacial score (nSPS) is 18.2. The molecule has 4 rings (SSSR count). The molecule has 1 fully saturated rings. The number of carbonyl (C=O) groups is 2. The highest BCUT2D eigenvalue weighted by Crippen LogP contribution is 2.38. The van der Waals surface area contributed by atoms with Gasteiger partial charge in [0.05, 0.1) is 11.3 Å². The van der Waals surface area contributed by atoms with Crippen LogP contribution >= 0.6 is 0 Å². The van der Waals surface area contributed by atoms with Crippen molar-refractivity contribution in [2.24, 2.45) is 0 Å². The van der Waals surface area contributed by atoms with Crippen molar-refractivity contribution in [3.05, 3.63) is 53.1 Å². The Morgan fingerprint density at radius 1 is 0.969 bits per heavy atom. The molecule has 6 nitrogen and oxygen atoms in total. The largest absolute Gasteiger partial charge is 0.334 e. The standard InChI is InChI=1S/C26H34N4O2/c1-19-23(17-27-25(28-19)21-13-14-21)26(32)29-15-9-5-3-4-6-10-16-30(20(2)31)24-12-8-7-11-22(24)18-29/h7-8,11-12,17,21H,3-6,9-10,13-16,18H2,1-2H3. The number of para-hydroxylation sites is 1. The molecule has 0 radical (unpaired) electrons. The van der Waals surface area contributed by atoms with Crippen molar-refractivity contribution in [3.8, 4) is 0 Å². The van der Waals surface area contributed by atoms with E-state index < -0.39 is 0 Å². The summed E-state index contributed by atoms with van der Waals surface area (Å²) >= 11 is 0. The van der Waals surface area contributed by atoms with E-state index in [0.717, 1.165) is 80.7 Å². The highest BCUT2D eigenvalue weighted by atomic mass is 16.2. The van der Waals surface area contributed by atoms with Gasteiger partial charge in [0.2, 0.25) is 5.91 Å². The average Bonchev–Trinajstić information content (AvgIpc) is 3.62. The molecule has 0 unspecified atom stereocenters. The maximum atomic E-state index is 13.6. The van der Waals surface area contributed by atoms with Gasteiger partial charge in [0.1, 0.15) is 5.82 Å². The molecule has 6 heteroatoms. The second kappa shape index (κ2) is 10.2. The molecule has 0 atom stereocenters. The van der Waals surface area contributed by atoms with E-state index in [0.29, 0.717) is 24.6 Å². The zero-order chi connectivity index (χ0) is 22.5. The Bertz CT molecular complexity index is 970. The third-order valence-electron chi connectivity index (χ3n) is 6.54. The fraction of sp³-hybridized carbons (Fsp3) is 0.538. The lowest BCUT2D eigenvalue weighted by atomic mass is 10.1. The van der Waals surface area contributed by atoms with Gasteiger partial charge < -0.3 is 9.80 Å². The van der Waals surface area contributed by atoms with E-state index in [2.05, 4.69) is 9.97 Å². The number of rotatable bonds is 2. The zero-order valence-corrected chi connectivity index (χ0v) is 19.3. The number of hydrogen-bond acceptors (Lipinski definition) is 4. The summed E-state index contributed by atoms with van der Waals surface area (Å²) in [6.45, 7) is 5.42. The lowest BCUT2D eigenvalue weighted by Crippen LogP contribution is -2.34. The Hall–Kier alpha value is -2.76. The number of hydrogen-bond donors (Lipinski definition) is 0. The van der Waals surface area contributed by atoms with Gasteiger partial charge >= 0.3 is 0 Å². The van der Waals surface area contributed by atoms with Crippen molar-refractivity contribution in [1.29, 1.82) is 0 Å². The van der Waals surface area contributed by atoms with Crippen LogP contribution in [0, 0.1) is 6.92 Å². The molecule has 2 amide bonds. The van der Waals surface area contributed by atoms with Crippen molar-refractivity contribution in [2.75, 3.05) is 18.0 Å². The summed E-state index contributed by atoms with van der Waals surface area (Å²) in [6, 6.07) is 7.98. The van der Waals surface area contributed by atoms with Gasteiger partial charge in [-0.2, -0.15) is 0 Å².